The number of carbonyl (C=O) groups is 2. The molecular weight excluding hydrogens is 234 g/mol. The van der Waals surface area contributed by atoms with E-state index in [1.54, 1.807) is 4.90 Å². The molecule has 102 valence electrons. The van der Waals surface area contributed by atoms with Crippen molar-refractivity contribution in [3.63, 3.8) is 0 Å². The minimum Gasteiger partial charge on any atom is -0.480 e. The average molecular weight is 255 g/mol. The predicted octanol–water partition coefficient (Wildman–Crippen LogP) is 1.12. The molecule has 0 aromatic heterocycles. The van der Waals surface area contributed by atoms with Gasteiger partial charge in [0.05, 0.1) is 12.0 Å². The lowest BCUT2D eigenvalue weighted by atomic mass is 9.92. The molecule has 1 aliphatic carbocycles. The quantitative estimate of drug-likeness (QED) is 0.817. The summed E-state index contributed by atoms with van der Waals surface area (Å²) in [5, 5.41) is 9.22. The highest BCUT2D eigenvalue weighted by Gasteiger charge is 2.48. The van der Waals surface area contributed by atoms with Gasteiger partial charge in [0.1, 0.15) is 6.04 Å². The fourth-order valence-corrected chi connectivity index (χ4v) is 2.68. The molecule has 0 bridgehead atoms. The van der Waals surface area contributed by atoms with Crippen LogP contribution in [0.2, 0.25) is 0 Å². The van der Waals surface area contributed by atoms with Gasteiger partial charge in [-0.15, -0.1) is 0 Å². The van der Waals surface area contributed by atoms with Gasteiger partial charge in [-0.25, -0.2) is 4.79 Å². The molecule has 5 nitrogen and oxygen atoms in total. The molecule has 1 aliphatic heterocycles. The van der Waals surface area contributed by atoms with Crippen LogP contribution in [0.25, 0.3) is 0 Å². The molecule has 1 saturated heterocycles. The van der Waals surface area contributed by atoms with E-state index in [0.717, 1.165) is 12.8 Å². The first-order valence-electron chi connectivity index (χ1n) is 6.69. The molecule has 18 heavy (non-hydrogen) atoms. The van der Waals surface area contributed by atoms with Crippen molar-refractivity contribution < 1.29 is 19.4 Å². The van der Waals surface area contributed by atoms with Crippen molar-refractivity contribution in [1.82, 2.24) is 4.90 Å². The third-order valence-corrected chi connectivity index (χ3v) is 3.86. The molecule has 2 fully saturated rings. The minimum atomic E-state index is -0.886. The standard InChI is InChI=1S/C13H21NO4/c1-3-18-11-7-9(11)12(15)14-5-4-8(2)6-10(14)13(16)17/h8-11H,3-7H2,1-2H3,(H,16,17). The molecule has 5 heteroatoms. The molecule has 1 heterocycles. The molecule has 1 N–H and O–H groups in total. The number of amides is 1. The van der Waals surface area contributed by atoms with Crippen LogP contribution in [0.4, 0.5) is 0 Å². The number of rotatable bonds is 4. The zero-order valence-electron chi connectivity index (χ0n) is 11.0. The summed E-state index contributed by atoms with van der Waals surface area (Å²) in [4.78, 5) is 25.0. The number of nitrogens with zero attached hydrogens (tertiary/aromatic N) is 1. The van der Waals surface area contributed by atoms with E-state index in [2.05, 4.69) is 0 Å². The van der Waals surface area contributed by atoms with Gasteiger partial charge in [-0.2, -0.15) is 0 Å². The van der Waals surface area contributed by atoms with Crippen molar-refractivity contribution in [3.8, 4) is 0 Å². The second-order valence-corrected chi connectivity index (χ2v) is 5.35. The van der Waals surface area contributed by atoms with E-state index in [-0.39, 0.29) is 17.9 Å². The van der Waals surface area contributed by atoms with E-state index < -0.39 is 12.0 Å². The summed E-state index contributed by atoms with van der Waals surface area (Å²) in [5.41, 5.74) is 0. The normalized spacial score (nSPS) is 35.3. The second-order valence-electron chi connectivity index (χ2n) is 5.35. The summed E-state index contributed by atoms with van der Waals surface area (Å²) >= 11 is 0. The van der Waals surface area contributed by atoms with Gasteiger partial charge in [0.2, 0.25) is 5.91 Å². The van der Waals surface area contributed by atoms with Gasteiger partial charge in [-0.05, 0) is 32.1 Å². The molecule has 2 aliphatic rings. The largest absolute Gasteiger partial charge is 0.480 e. The molecule has 1 saturated carbocycles. The van der Waals surface area contributed by atoms with E-state index in [1.165, 1.54) is 0 Å². The first-order valence-corrected chi connectivity index (χ1v) is 6.69. The monoisotopic (exact) mass is 255 g/mol. The van der Waals surface area contributed by atoms with Gasteiger partial charge in [0.25, 0.3) is 0 Å². The Morgan fingerprint density at radius 1 is 1.39 bits per heavy atom. The summed E-state index contributed by atoms with van der Waals surface area (Å²) in [7, 11) is 0. The summed E-state index contributed by atoms with van der Waals surface area (Å²) in [6, 6.07) is -0.649. The second kappa shape index (κ2) is 5.26. The number of hydrogen-bond donors (Lipinski definition) is 1. The van der Waals surface area contributed by atoms with Crippen molar-refractivity contribution in [2.24, 2.45) is 11.8 Å². The third kappa shape index (κ3) is 2.66. The lowest BCUT2D eigenvalue weighted by molar-refractivity contribution is -0.154. The van der Waals surface area contributed by atoms with E-state index >= 15 is 0 Å². The zero-order valence-corrected chi connectivity index (χ0v) is 11.0. The topological polar surface area (TPSA) is 66.8 Å². The van der Waals surface area contributed by atoms with Crippen LogP contribution in [0, 0.1) is 11.8 Å². The fourth-order valence-electron chi connectivity index (χ4n) is 2.68. The number of piperidine rings is 1. The maximum Gasteiger partial charge on any atom is 0.326 e. The van der Waals surface area contributed by atoms with Crippen LogP contribution >= 0.6 is 0 Å². The summed E-state index contributed by atoms with van der Waals surface area (Å²) in [5.74, 6) is -0.659. The molecule has 1 amide bonds. The van der Waals surface area contributed by atoms with E-state index in [0.29, 0.717) is 25.5 Å². The molecule has 4 atom stereocenters. The van der Waals surface area contributed by atoms with E-state index in [1.807, 2.05) is 13.8 Å². The zero-order chi connectivity index (χ0) is 13.3. The summed E-state index contributed by atoms with van der Waals surface area (Å²) in [6.45, 7) is 5.11. The van der Waals surface area contributed by atoms with Crippen molar-refractivity contribution in [2.75, 3.05) is 13.2 Å². The van der Waals surface area contributed by atoms with Gasteiger partial charge in [0.15, 0.2) is 0 Å². The van der Waals surface area contributed by atoms with Crippen molar-refractivity contribution >= 4 is 11.9 Å². The van der Waals surface area contributed by atoms with E-state index in [4.69, 9.17) is 4.74 Å². The van der Waals surface area contributed by atoms with Crippen molar-refractivity contribution in [2.45, 2.75) is 45.3 Å². The predicted molar refractivity (Wildman–Crippen MR) is 65.1 cm³/mol. The molecule has 0 aromatic rings. The highest BCUT2D eigenvalue weighted by Crippen LogP contribution is 2.37. The van der Waals surface area contributed by atoms with Crippen LogP contribution < -0.4 is 0 Å². The Kier molecular flexibility index (Phi) is 3.90. The molecule has 0 radical (unpaired) electrons. The number of carbonyl (C=O) groups excluding carboxylic acids is 1. The first kappa shape index (κ1) is 13.3. The Balaban J connectivity index is 1.98. The smallest absolute Gasteiger partial charge is 0.326 e. The third-order valence-electron chi connectivity index (χ3n) is 3.86. The van der Waals surface area contributed by atoms with Crippen LogP contribution in [-0.4, -0.2) is 47.2 Å². The maximum absolute atomic E-state index is 12.2. The van der Waals surface area contributed by atoms with Gasteiger partial charge in [-0.3, -0.25) is 4.79 Å². The lowest BCUT2D eigenvalue weighted by Gasteiger charge is -2.36. The SMILES string of the molecule is CCOC1CC1C(=O)N1CCC(C)CC1C(=O)O. The lowest BCUT2D eigenvalue weighted by Crippen LogP contribution is -2.50. The van der Waals surface area contributed by atoms with Gasteiger partial charge in [0, 0.05) is 13.2 Å². The number of carboxylic acid groups (broad SMARTS) is 1. The minimum absolute atomic E-state index is 0.0105. The summed E-state index contributed by atoms with van der Waals surface area (Å²) < 4.78 is 5.40. The Hall–Kier alpha value is -1.10. The number of ether oxygens (including phenoxy) is 1. The highest BCUT2D eigenvalue weighted by molar-refractivity contribution is 5.87. The van der Waals surface area contributed by atoms with Crippen molar-refractivity contribution in [3.05, 3.63) is 0 Å². The first-order chi connectivity index (χ1) is 8.54. The van der Waals surface area contributed by atoms with Crippen molar-refractivity contribution in [1.29, 1.82) is 0 Å². The van der Waals surface area contributed by atoms with Crippen LogP contribution in [0.1, 0.15) is 33.1 Å². The molecule has 4 unspecified atom stereocenters. The molecule has 0 aromatic carbocycles. The molecular formula is C13H21NO4. The Bertz CT molecular complexity index is 344. The molecule has 0 spiro atoms. The van der Waals surface area contributed by atoms with Crippen LogP contribution in [0.3, 0.4) is 0 Å². The summed E-state index contributed by atoms with van der Waals surface area (Å²) in [6.07, 6.45) is 2.20. The van der Waals surface area contributed by atoms with Gasteiger partial charge in [-0.1, -0.05) is 6.92 Å². The number of aliphatic carboxylic acids is 1. The van der Waals surface area contributed by atoms with Crippen LogP contribution in [0.5, 0.6) is 0 Å². The van der Waals surface area contributed by atoms with Crippen LogP contribution in [-0.2, 0) is 14.3 Å². The number of carboxylic acids is 1. The average Bonchev–Trinajstić information content (AvgIpc) is 3.08. The van der Waals surface area contributed by atoms with Gasteiger partial charge >= 0.3 is 5.97 Å². The van der Waals surface area contributed by atoms with Crippen LogP contribution in [0.15, 0.2) is 0 Å². The van der Waals surface area contributed by atoms with E-state index in [9.17, 15) is 14.7 Å². The highest BCUT2D eigenvalue weighted by atomic mass is 16.5. The Labute approximate surface area is 107 Å². The Morgan fingerprint density at radius 2 is 2.11 bits per heavy atom. The van der Waals surface area contributed by atoms with Gasteiger partial charge < -0.3 is 14.7 Å². The fraction of sp³-hybridized carbons (Fsp3) is 0.846. The molecule has 2 rings (SSSR count). The Morgan fingerprint density at radius 3 is 2.72 bits per heavy atom. The number of likely N-dealkylation sites (tertiary alicyclic amines) is 1. The number of hydrogen-bond acceptors (Lipinski definition) is 3. The maximum atomic E-state index is 12.2.